The van der Waals surface area contributed by atoms with E-state index in [1.807, 2.05) is 18.2 Å². The van der Waals surface area contributed by atoms with Gasteiger partial charge in [-0.15, -0.1) is 11.8 Å². The summed E-state index contributed by atoms with van der Waals surface area (Å²) in [6.45, 7) is 2.02. The van der Waals surface area contributed by atoms with Gasteiger partial charge in [0.2, 0.25) is 0 Å². The van der Waals surface area contributed by atoms with Crippen molar-refractivity contribution < 1.29 is 14.3 Å². The maximum atomic E-state index is 11.7. The number of nitrogens with one attached hydrogen (secondary N) is 1. The fraction of sp³-hybridized carbons (Fsp3) is 0.316. The Morgan fingerprint density at radius 1 is 1.33 bits per heavy atom. The van der Waals surface area contributed by atoms with Gasteiger partial charge in [0, 0.05) is 30.1 Å². The number of halogens is 1. The molecule has 1 N–H and O–H groups in total. The quantitative estimate of drug-likeness (QED) is 0.299. The second-order valence-corrected chi connectivity index (χ2v) is 7.25. The number of carbonyl (C=O) groups is 2. The summed E-state index contributed by atoms with van der Waals surface area (Å²) in [5.41, 5.74) is 1.36. The van der Waals surface area contributed by atoms with Gasteiger partial charge in [0.1, 0.15) is 5.15 Å². The summed E-state index contributed by atoms with van der Waals surface area (Å²) in [5.74, 6) is -0.0287. The molecular weight excluding hydrogens is 386 g/mol. The lowest BCUT2D eigenvalue weighted by molar-refractivity contribution is -0.143. The largest absolute Gasteiger partial charge is 0.452 e. The summed E-state index contributed by atoms with van der Waals surface area (Å²) in [5, 5.41) is 7.31. The van der Waals surface area contributed by atoms with E-state index in [2.05, 4.69) is 22.5 Å². The molecule has 0 aliphatic heterocycles. The summed E-state index contributed by atoms with van der Waals surface area (Å²) in [6, 6.07) is 10.1. The number of benzene rings is 1. The Labute approximate surface area is 167 Å². The van der Waals surface area contributed by atoms with Crippen molar-refractivity contribution in [3.63, 3.8) is 0 Å². The first-order valence-electron chi connectivity index (χ1n) is 8.46. The second kappa shape index (κ2) is 10.8. The van der Waals surface area contributed by atoms with Crippen LogP contribution in [0.4, 0.5) is 0 Å². The van der Waals surface area contributed by atoms with E-state index in [1.54, 1.807) is 25.7 Å². The molecule has 27 heavy (non-hydrogen) atoms. The van der Waals surface area contributed by atoms with Crippen molar-refractivity contribution >= 4 is 41.3 Å². The molecule has 144 valence electrons. The summed E-state index contributed by atoms with van der Waals surface area (Å²) in [6.07, 6.45) is 3.60. The number of amides is 1. The average Bonchev–Trinajstić information content (AvgIpc) is 2.90. The van der Waals surface area contributed by atoms with Gasteiger partial charge in [0.05, 0.1) is 5.69 Å². The lowest BCUT2D eigenvalue weighted by atomic mass is 10.2. The fourth-order valence-electron chi connectivity index (χ4n) is 2.23. The highest BCUT2D eigenvalue weighted by Crippen LogP contribution is 2.20. The topological polar surface area (TPSA) is 73.2 Å². The van der Waals surface area contributed by atoms with E-state index in [9.17, 15) is 9.59 Å². The van der Waals surface area contributed by atoms with E-state index in [0.717, 1.165) is 12.2 Å². The molecule has 0 aliphatic carbocycles. The Hall–Kier alpha value is -2.25. The molecule has 8 heteroatoms. The van der Waals surface area contributed by atoms with Crippen LogP contribution in [0.5, 0.6) is 0 Å². The van der Waals surface area contributed by atoms with E-state index in [1.165, 1.54) is 21.7 Å². The van der Waals surface area contributed by atoms with Crippen LogP contribution in [0.25, 0.3) is 6.08 Å². The molecule has 1 amide bonds. The van der Waals surface area contributed by atoms with E-state index in [0.29, 0.717) is 23.0 Å². The Morgan fingerprint density at radius 2 is 2.07 bits per heavy atom. The summed E-state index contributed by atoms with van der Waals surface area (Å²) >= 11 is 7.81. The maximum Gasteiger partial charge on any atom is 0.331 e. The molecule has 0 spiro atoms. The number of carbonyl (C=O) groups excluding carboxylic acids is 2. The number of hydrogen-bond donors (Lipinski definition) is 1. The van der Waals surface area contributed by atoms with Gasteiger partial charge in [-0.2, -0.15) is 5.10 Å². The van der Waals surface area contributed by atoms with Crippen molar-refractivity contribution in [2.75, 3.05) is 18.9 Å². The summed E-state index contributed by atoms with van der Waals surface area (Å²) < 4.78 is 6.44. The van der Waals surface area contributed by atoms with Crippen LogP contribution < -0.4 is 5.32 Å². The number of thioether (sulfide) groups is 1. The first-order valence-corrected chi connectivity index (χ1v) is 9.82. The Morgan fingerprint density at radius 3 is 2.74 bits per heavy atom. The van der Waals surface area contributed by atoms with E-state index in [-0.39, 0.29) is 12.5 Å². The second-order valence-electron chi connectivity index (χ2n) is 5.72. The highest BCUT2D eigenvalue weighted by Gasteiger charge is 2.09. The van der Waals surface area contributed by atoms with Crippen LogP contribution in [0.1, 0.15) is 17.7 Å². The first-order chi connectivity index (χ1) is 13.0. The van der Waals surface area contributed by atoms with Crippen LogP contribution in [0, 0.1) is 6.92 Å². The van der Waals surface area contributed by atoms with E-state index >= 15 is 0 Å². The predicted molar refractivity (Wildman–Crippen MR) is 108 cm³/mol. The average molecular weight is 408 g/mol. The Balaban J connectivity index is 1.62. The standard InChI is InChI=1S/C19H22ClN3O3S/c1-14-16(19(20)23(2)22-14)9-10-18(25)26-13-17(24)21-11-6-12-27-15-7-4-3-5-8-15/h3-5,7-10H,6,11-13H2,1-2H3,(H,21,24)/b10-9+. The van der Waals surface area contributed by atoms with Crippen LogP contribution in [-0.4, -0.2) is 40.6 Å². The molecule has 2 aromatic rings. The van der Waals surface area contributed by atoms with Crippen LogP contribution >= 0.6 is 23.4 Å². The Bertz CT molecular complexity index is 806. The molecule has 0 saturated heterocycles. The van der Waals surface area contributed by atoms with Gasteiger partial charge in [-0.05, 0) is 37.3 Å². The zero-order valence-corrected chi connectivity index (χ0v) is 16.8. The van der Waals surface area contributed by atoms with Crippen molar-refractivity contribution in [3.05, 3.63) is 52.8 Å². The first kappa shape index (κ1) is 21.1. The van der Waals surface area contributed by atoms with Gasteiger partial charge in [-0.1, -0.05) is 29.8 Å². The van der Waals surface area contributed by atoms with Crippen molar-refractivity contribution in [2.24, 2.45) is 7.05 Å². The minimum atomic E-state index is -0.607. The van der Waals surface area contributed by atoms with Gasteiger partial charge < -0.3 is 10.1 Å². The SMILES string of the molecule is Cc1nn(C)c(Cl)c1/C=C/C(=O)OCC(=O)NCCCSc1ccccc1. The van der Waals surface area contributed by atoms with E-state index < -0.39 is 5.97 Å². The van der Waals surface area contributed by atoms with Crippen molar-refractivity contribution in [1.82, 2.24) is 15.1 Å². The number of ether oxygens (including phenoxy) is 1. The van der Waals surface area contributed by atoms with Crippen LogP contribution in [0.2, 0.25) is 5.15 Å². The normalized spacial score (nSPS) is 10.9. The number of rotatable bonds is 9. The third-order valence-electron chi connectivity index (χ3n) is 3.58. The zero-order chi connectivity index (χ0) is 19.6. The lowest BCUT2D eigenvalue weighted by Crippen LogP contribution is -2.29. The highest BCUT2D eigenvalue weighted by molar-refractivity contribution is 7.99. The third-order valence-corrected chi connectivity index (χ3v) is 5.13. The summed E-state index contributed by atoms with van der Waals surface area (Å²) in [7, 11) is 1.72. The molecule has 6 nitrogen and oxygen atoms in total. The fourth-order valence-corrected chi connectivity index (χ4v) is 3.34. The number of aromatic nitrogens is 2. The van der Waals surface area contributed by atoms with Gasteiger partial charge in [-0.25, -0.2) is 4.79 Å². The smallest absolute Gasteiger partial charge is 0.331 e. The molecular formula is C19H22ClN3O3S. The minimum Gasteiger partial charge on any atom is -0.452 e. The molecule has 1 aromatic heterocycles. The van der Waals surface area contributed by atoms with Crippen molar-refractivity contribution in [3.8, 4) is 0 Å². The van der Waals surface area contributed by atoms with Crippen LogP contribution in [-0.2, 0) is 21.4 Å². The molecule has 2 rings (SSSR count). The minimum absolute atomic E-state index is 0.311. The van der Waals surface area contributed by atoms with Crippen LogP contribution in [0.15, 0.2) is 41.3 Å². The Kier molecular flexibility index (Phi) is 8.42. The number of nitrogens with zero attached hydrogens (tertiary/aromatic N) is 2. The molecule has 0 atom stereocenters. The molecule has 1 aromatic carbocycles. The van der Waals surface area contributed by atoms with Crippen molar-refractivity contribution in [2.45, 2.75) is 18.2 Å². The maximum absolute atomic E-state index is 11.7. The van der Waals surface area contributed by atoms with Gasteiger partial charge in [0.15, 0.2) is 6.61 Å². The lowest BCUT2D eigenvalue weighted by Gasteiger charge is -2.05. The van der Waals surface area contributed by atoms with Gasteiger partial charge >= 0.3 is 5.97 Å². The number of esters is 1. The van der Waals surface area contributed by atoms with Gasteiger partial charge in [-0.3, -0.25) is 9.48 Å². The molecule has 0 radical (unpaired) electrons. The molecule has 0 saturated carbocycles. The van der Waals surface area contributed by atoms with Gasteiger partial charge in [0.25, 0.3) is 5.91 Å². The van der Waals surface area contributed by atoms with E-state index in [4.69, 9.17) is 16.3 Å². The molecule has 1 heterocycles. The zero-order valence-electron chi connectivity index (χ0n) is 15.3. The summed E-state index contributed by atoms with van der Waals surface area (Å²) in [4.78, 5) is 24.6. The number of aryl methyl sites for hydroxylation is 2. The van der Waals surface area contributed by atoms with Crippen LogP contribution in [0.3, 0.4) is 0 Å². The molecule has 0 aliphatic rings. The molecule has 0 fully saturated rings. The number of hydrogen-bond acceptors (Lipinski definition) is 5. The predicted octanol–water partition coefficient (Wildman–Crippen LogP) is 3.24. The van der Waals surface area contributed by atoms with Crippen molar-refractivity contribution in [1.29, 1.82) is 0 Å². The molecule has 0 bridgehead atoms. The third kappa shape index (κ3) is 7.11. The molecule has 0 unspecified atom stereocenters. The highest BCUT2D eigenvalue weighted by atomic mass is 35.5. The monoisotopic (exact) mass is 407 g/mol.